The lowest BCUT2D eigenvalue weighted by atomic mass is 10.1. The highest BCUT2D eigenvalue weighted by molar-refractivity contribution is 5.60. The first-order chi connectivity index (χ1) is 9.35. The van der Waals surface area contributed by atoms with Crippen molar-refractivity contribution in [3.8, 4) is 17.0 Å². The maximum atomic E-state index is 5.13. The van der Waals surface area contributed by atoms with E-state index in [0.29, 0.717) is 6.04 Å². The molecule has 2 heterocycles. The Morgan fingerprint density at radius 1 is 1.11 bits per heavy atom. The SMILES string of the molecule is COc1ccc(-c2ccc(NC3CNC3)nn2)cc1. The Labute approximate surface area is 112 Å². The molecule has 1 aromatic heterocycles. The number of rotatable bonds is 4. The minimum Gasteiger partial charge on any atom is -0.497 e. The summed E-state index contributed by atoms with van der Waals surface area (Å²) in [5.74, 6) is 1.66. The van der Waals surface area contributed by atoms with Gasteiger partial charge in [0, 0.05) is 18.7 Å². The monoisotopic (exact) mass is 256 g/mol. The smallest absolute Gasteiger partial charge is 0.148 e. The van der Waals surface area contributed by atoms with Crippen LogP contribution in [-0.4, -0.2) is 36.4 Å². The van der Waals surface area contributed by atoms with E-state index in [-0.39, 0.29) is 0 Å². The van der Waals surface area contributed by atoms with Crippen molar-refractivity contribution in [1.82, 2.24) is 15.5 Å². The number of benzene rings is 1. The summed E-state index contributed by atoms with van der Waals surface area (Å²) in [5.41, 5.74) is 1.89. The number of aromatic nitrogens is 2. The molecule has 5 heteroatoms. The van der Waals surface area contributed by atoms with Crippen LogP contribution in [0.3, 0.4) is 0 Å². The molecule has 1 saturated heterocycles. The zero-order valence-electron chi connectivity index (χ0n) is 10.8. The molecule has 2 N–H and O–H groups in total. The molecule has 0 atom stereocenters. The third-order valence-corrected chi connectivity index (χ3v) is 3.18. The second-order valence-corrected chi connectivity index (χ2v) is 4.53. The Bertz CT molecular complexity index is 534. The summed E-state index contributed by atoms with van der Waals surface area (Å²) in [6.45, 7) is 1.98. The number of nitrogens with zero attached hydrogens (tertiary/aromatic N) is 2. The van der Waals surface area contributed by atoms with Gasteiger partial charge in [0.25, 0.3) is 0 Å². The molecule has 1 aliphatic rings. The average Bonchev–Trinajstić information content (AvgIpc) is 2.44. The Kier molecular flexibility index (Phi) is 3.29. The molecule has 98 valence electrons. The summed E-state index contributed by atoms with van der Waals surface area (Å²) in [6, 6.07) is 12.2. The van der Waals surface area contributed by atoms with Crippen molar-refractivity contribution in [1.29, 1.82) is 0 Å². The van der Waals surface area contributed by atoms with Crippen LogP contribution in [0.15, 0.2) is 36.4 Å². The lowest BCUT2D eigenvalue weighted by molar-refractivity contribution is 0.415. The van der Waals surface area contributed by atoms with Gasteiger partial charge in [-0.05, 0) is 36.4 Å². The van der Waals surface area contributed by atoms with Gasteiger partial charge < -0.3 is 15.4 Å². The first-order valence-electron chi connectivity index (χ1n) is 6.30. The van der Waals surface area contributed by atoms with Gasteiger partial charge >= 0.3 is 0 Å². The van der Waals surface area contributed by atoms with E-state index in [1.165, 1.54) is 0 Å². The molecular weight excluding hydrogens is 240 g/mol. The van der Waals surface area contributed by atoms with Gasteiger partial charge in [-0.25, -0.2) is 0 Å². The first-order valence-corrected chi connectivity index (χ1v) is 6.30. The normalized spacial score (nSPS) is 14.8. The molecule has 19 heavy (non-hydrogen) atoms. The summed E-state index contributed by atoms with van der Waals surface area (Å²) < 4.78 is 5.13. The Hall–Kier alpha value is -2.14. The quantitative estimate of drug-likeness (QED) is 0.869. The number of methoxy groups -OCH3 is 1. The fourth-order valence-electron chi connectivity index (χ4n) is 1.92. The second kappa shape index (κ2) is 5.24. The zero-order chi connectivity index (χ0) is 13.1. The fraction of sp³-hybridized carbons (Fsp3) is 0.286. The summed E-state index contributed by atoms with van der Waals surface area (Å²) in [5, 5.41) is 15.0. The van der Waals surface area contributed by atoms with E-state index in [2.05, 4.69) is 20.8 Å². The van der Waals surface area contributed by atoms with Gasteiger partial charge in [0.2, 0.25) is 0 Å². The van der Waals surface area contributed by atoms with Gasteiger partial charge in [0.05, 0.1) is 18.8 Å². The van der Waals surface area contributed by atoms with Gasteiger partial charge in [0.15, 0.2) is 0 Å². The predicted molar refractivity (Wildman–Crippen MR) is 74.3 cm³/mol. The highest BCUT2D eigenvalue weighted by atomic mass is 16.5. The van der Waals surface area contributed by atoms with Gasteiger partial charge in [-0.1, -0.05) is 0 Å². The summed E-state index contributed by atoms with van der Waals surface area (Å²) in [7, 11) is 1.66. The minimum absolute atomic E-state index is 0.473. The number of ether oxygens (including phenoxy) is 1. The van der Waals surface area contributed by atoms with Gasteiger partial charge in [-0.2, -0.15) is 0 Å². The predicted octanol–water partition coefficient (Wildman–Crippen LogP) is 1.54. The van der Waals surface area contributed by atoms with Crippen molar-refractivity contribution in [2.75, 3.05) is 25.5 Å². The van der Waals surface area contributed by atoms with Gasteiger partial charge in [-0.3, -0.25) is 0 Å². The van der Waals surface area contributed by atoms with E-state index in [1.807, 2.05) is 36.4 Å². The molecule has 1 aliphatic heterocycles. The van der Waals surface area contributed by atoms with Crippen LogP contribution < -0.4 is 15.4 Å². The van der Waals surface area contributed by atoms with E-state index in [9.17, 15) is 0 Å². The van der Waals surface area contributed by atoms with Crippen molar-refractivity contribution < 1.29 is 4.74 Å². The molecule has 0 bridgehead atoms. The number of hydrogen-bond acceptors (Lipinski definition) is 5. The molecule has 1 aromatic carbocycles. The first kappa shape index (κ1) is 11.9. The molecule has 0 aliphatic carbocycles. The molecule has 0 spiro atoms. The van der Waals surface area contributed by atoms with Crippen molar-refractivity contribution in [2.45, 2.75) is 6.04 Å². The lowest BCUT2D eigenvalue weighted by Gasteiger charge is -2.28. The largest absolute Gasteiger partial charge is 0.497 e. The molecule has 0 unspecified atom stereocenters. The zero-order valence-corrected chi connectivity index (χ0v) is 10.8. The average molecular weight is 256 g/mol. The summed E-state index contributed by atoms with van der Waals surface area (Å²) in [6.07, 6.45) is 0. The molecule has 0 saturated carbocycles. The van der Waals surface area contributed by atoms with Gasteiger partial charge in [-0.15, -0.1) is 10.2 Å². The summed E-state index contributed by atoms with van der Waals surface area (Å²) >= 11 is 0. The van der Waals surface area contributed by atoms with E-state index in [1.54, 1.807) is 7.11 Å². The van der Waals surface area contributed by atoms with Crippen LogP contribution in [0.1, 0.15) is 0 Å². The Morgan fingerprint density at radius 2 is 1.89 bits per heavy atom. The van der Waals surface area contributed by atoms with Crippen molar-refractivity contribution in [2.24, 2.45) is 0 Å². The van der Waals surface area contributed by atoms with Crippen LogP contribution >= 0.6 is 0 Å². The standard InChI is InChI=1S/C14H16N4O/c1-19-12-4-2-10(3-5-12)13-6-7-14(18-17-13)16-11-8-15-9-11/h2-7,11,15H,8-9H2,1H3,(H,16,18). The molecule has 5 nitrogen and oxygen atoms in total. The van der Waals surface area contributed by atoms with E-state index >= 15 is 0 Å². The fourth-order valence-corrected chi connectivity index (χ4v) is 1.92. The maximum Gasteiger partial charge on any atom is 0.148 e. The third-order valence-electron chi connectivity index (χ3n) is 3.18. The van der Waals surface area contributed by atoms with E-state index < -0.39 is 0 Å². The topological polar surface area (TPSA) is 59.1 Å². The third kappa shape index (κ3) is 2.66. The van der Waals surface area contributed by atoms with Crippen molar-refractivity contribution >= 4 is 5.82 Å². The number of hydrogen-bond donors (Lipinski definition) is 2. The highest BCUT2D eigenvalue weighted by Gasteiger charge is 2.16. The van der Waals surface area contributed by atoms with Crippen LogP contribution in [0.25, 0.3) is 11.3 Å². The van der Waals surface area contributed by atoms with Gasteiger partial charge in [0.1, 0.15) is 11.6 Å². The second-order valence-electron chi connectivity index (χ2n) is 4.53. The molecule has 1 fully saturated rings. The van der Waals surface area contributed by atoms with E-state index in [0.717, 1.165) is 35.9 Å². The minimum atomic E-state index is 0.473. The van der Waals surface area contributed by atoms with Crippen LogP contribution in [-0.2, 0) is 0 Å². The van der Waals surface area contributed by atoms with Crippen LogP contribution in [0.5, 0.6) is 5.75 Å². The Morgan fingerprint density at radius 3 is 2.42 bits per heavy atom. The Balaban J connectivity index is 1.73. The number of nitrogens with one attached hydrogen (secondary N) is 2. The van der Waals surface area contributed by atoms with Crippen molar-refractivity contribution in [3.05, 3.63) is 36.4 Å². The maximum absolute atomic E-state index is 5.13. The van der Waals surface area contributed by atoms with Crippen LogP contribution in [0, 0.1) is 0 Å². The summed E-state index contributed by atoms with van der Waals surface area (Å²) in [4.78, 5) is 0. The highest BCUT2D eigenvalue weighted by Crippen LogP contribution is 2.20. The lowest BCUT2D eigenvalue weighted by Crippen LogP contribution is -2.51. The molecule has 0 amide bonds. The van der Waals surface area contributed by atoms with Crippen LogP contribution in [0.4, 0.5) is 5.82 Å². The molecule has 0 radical (unpaired) electrons. The number of anilines is 1. The van der Waals surface area contributed by atoms with Crippen molar-refractivity contribution in [3.63, 3.8) is 0 Å². The molecule has 3 rings (SSSR count). The molecular formula is C14H16N4O. The van der Waals surface area contributed by atoms with E-state index in [4.69, 9.17) is 4.74 Å². The van der Waals surface area contributed by atoms with Crippen LogP contribution in [0.2, 0.25) is 0 Å². The molecule has 2 aromatic rings.